The molecule has 1 aliphatic heterocycles. The number of morpholine rings is 1. The Labute approximate surface area is 149 Å². The molecule has 0 spiro atoms. The normalized spacial score (nSPS) is 26.9. The quantitative estimate of drug-likeness (QED) is 0.889. The summed E-state index contributed by atoms with van der Waals surface area (Å²) in [6.45, 7) is 5.71. The summed E-state index contributed by atoms with van der Waals surface area (Å²) < 4.78 is 11.3. The predicted octanol–water partition coefficient (Wildman–Crippen LogP) is 2.40. The van der Waals surface area contributed by atoms with E-state index >= 15 is 0 Å². The first-order valence-electron chi connectivity index (χ1n) is 9.35. The molecule has 1 amide bonds. The first-order valence-corrected chi connectivity index (χ1v) is 9.35. The van der Waals surface area contributed by atoms with Crippen molar-refractivity contribution in [1.82, 2.24) is 4.90 Å². The molecule has 1 saturated heterocycles. The van der Waals surface area contributed by atoms with Crippen molar-refractivity contribution in [1.29, 1.82) is 0 Å². The van der Waals surface area contributed by atoms with E-state index in [0.29, 0.717) is 26.2 Å². The van der Waals surface area contributed by atoms with Crippen LogP contribution in [0, 0.1) is 5.92 Å². The van der Waals surface area contributed by atoms with E-state index in [1.54, 1.807) is 0 Å². The van der Waals surface area contributed by atoms with Crippen LogP contribution in [0.2, 0.25) is 0 Å². The molecule has 138 valence electrons. The molecule has 1 aliphatic carbocycles. The highest BCUT2D eigenvalue weighted by molar-refractivity contribution is 5.79. The second-order valence-corrected chi connectivity index (χ2v) is 7.38. The van der Waals surface area contributed by atoms with Crippen molar-refractivity contribution in [3.05, 3.63) is 29.8 Å². The van der Waals surface area contributed by atoms with Gasteiger partial charge in [0.05, 0.1) is 37.9 Å². The molecule has 1 aromatic carbocycles. The van der Waals surface area contributed by atoms with E-state index in [1.807, 2.05) is 43.0 Å². The van der Waals surface area contributed by atoms with E-state index in [-0.39, 0.29) is 30.1 Å². The number of aliphatic hydroxyl groups is 1. The maximum atomic E-state index is 12.9. The first kappa shape index (κ1) is 18.2. The third-order valence-corrected chi connectivity index (χ3v) is 5.16. The summed E-state index contributed by atoms with van der Waals surface area (Å²) in [7, 11) is 0. The summed E-state index contributed by atoms with van der Waals surface area (Å²) in [5, 5.41) is 10.2. The van der Waals surface area contributed by atoms with Crippen LogP contribution in [0.15, 0.2) is 24.3 Å². The van der Waals surface area contributed by atoms with E-state index in [0.717, 1.165) is 30.6 Å². The smallest absolute Gasteiger partial charge is 0.227 e. The van der Waals surface area contributed by atoms with Gasteiger partial charge in [0.25, 0.3) is 0 Å². The molecular formula is C20H29NO4. The molecule has 25 heavy (non-hydrogen) atoms. The monoisotopic (exact) mass is 347 g/mol. The summed E-state index contributed by atoms with van der Waals surface area (Å²) in [6.07, 6.45) is 3.04. The van der Waals surface area contributed by atoms with Crippen LogP contribution in [-0.2, 0) is 16.0 Å². The molecule has 3 atom stereocenters. The van der Waals surface area contributed by atoms with Gasteiger partial charge in [-0.05, 0) is 44.4 Å². The third-order valence-electron chi connectivity index (χ3n) is 5.16. The van der Waals surface area contributed by atoms with E-state index in [4.69, 9.17) is 9.47 Å². The van der Waals surface area contributed by atoms with Crippen LogP contribution < -0.4 is 4.74 Å². The number of hydrogen-bond donors (Lipinski definition) is 1. The van der Waals surface area contributed by atoms with E-state index in [2.05, 4.69) is 0 Å². The SMILES string of the molecule is CC(C)Oc1ccc(CC(=O)N2CCOC[C@@H]2[C@H]2CCC[C@@H]2O)cc1. The zero-order chi connectivity index (χ0) is 17.8. The summed E-state index contributed by atoms with van der Waals surface area (Å²) >= 11 is 0. The molecule has 0 radical (unpaired) electrons. The van der Waals surface area contributed by atoms with Crippen molar-refractivity contribution in [2.24, 2.45) is 5.92 Å². The van der Waals surface area contributed by atoms with Crippen LogP contribution in [0.1, 0.15) is 38.7 Å². The van der Waals surface area contributed by atoms with Gasteiger partial charge < -0.3 is 19.5 Å². The Morgan fingerprint density at radius 2 is 2.08 bits per heavy atom. The lowest BCUT2D eigenvalue weighted by atomic mass is 9.93. The van der Waals surface area contributed by atoms with Crippen LogP contribution in [0.5, 0.6) is 5.75 Å². The number of rotatable bonds is 5. The summed E-state index contributed by atoms with van der Waals surface area (Å²) in [6, 6.07) is 7.74. The molecule has 0 bridgehead atoms. The number of hydrogen-bond acceptors (Lipinski definition) is 4. The van der Waals surface area contributed by atoms with Crippen molar-refractivity contribution in [2.45, 2.75) is 57.8 Å². The average molecular weight is 347 g/mol. The molecule has 1 N–H and O–H groups in total. The molecule has 1 heterocycles. The fraction of sp³-hybridized carbons (Fsp3) is 0.650. The lowest BCUT2D eigenvalue weighted by molar-refractivity contribution is -0.143. The topological polar surface area (TPSA) is 59.0 Å². The number of carbonyl (C=O) groups excluding carboxylic acids is 1. The summed E-state index contributed by atoms with van der Waals surface area (Å²) in [5.74, 6) is 1.08. The first-order chi connectivity index (χ1) is 12.0. The van der Waals surface area contributed by atoms with Gasteiger partial charge in [-0.15, -0.1) is 0 Å². The lowest BCUT2D eigenvalue weighted by Crippen LogP contribution is -2.54. The lowest BCUT2D eigenvalue weighted by Gasteiger charge is -2.40. The van der Waals surface area contributed by atoms with Gasteiger partial charge in [-0.1, -0.05) is 18.6 Å². The standard InChI is InChI=1S/C20H29NO4/c1-14(2)25-16-8-6-15(7-9-16)12-20(23)21-10-11-24-13-18(21)17-4-3-5-19(17)22/h6-9,14,17-19,22H,3-5,10-13H2,1-2H3/t17-,18-,19+/m1/s1. The minimum atomic E-state index is -0.311. The molecule has 0 aromatic heterocycles. The maximum absolute atomic E-state index is 12.9. The van der Waals surface area contributed by atoms with Gasteiger partial charge in [0, 0.05) is 12.5 Å². The van der Waals surface area contributed by atoms with Crippen LogP contribution in [0.3, 0.4) is 0 Å². The Kier molecular flexibility index (Phi) is 5.97. The third kappa shape index (κ3) is 4.53. The molecule has 3 rings (SSSR count). The number of nitrogens with zero attached hydrogens (tertiary/aromatic N) is 1. The van der Waals surface area contributed by atoms with Gasteiger partial charge in [-0.25, -0.2) is 0 Å². The Bertz CT molecular complexity index is 572. The second-order valence-electron chi connectivity index (χ2n) is 7.38. The minimum Gasteiger partial charge on any atom is -0.491 e. The fourth-order valence-electron chi connectivity index (χ4n) is 3.94. The fourth-order valence-corrected chi connectivity index (χ4v) is 3.94. The minimum absolute atomic E-state index is 0.00213. The van der Waals surface area contributed by atoms with Gasteiger partial charge in [-0.2, -0.15) is 0 Å². The van der Waals surface area contributed by atoms with Crippen LogP contribution in [0.25, 0.3) is 0 Å². The highest BCUT2D eigenvalue weighted by Crippen LogP contribution is 2.32. The van der Waals surface area contributed by atoms with Crippen LogP contribution in [0.4, 0.5) is 0 Å². The van der Waals surface area contributed by atoms with Crippen molar-refractivity contribution in [3.8, 4) is 5.75 Å². The van der Waals surface area contributed by atoms with Crippen LogP contribution in [-0.4, -0.2) is 53.9 Å². The second kappa shape index (κ2) is 8.19. The van der Waals surface area contributed by atoms with E-state index in [9.17, 15) is 9.90 Å². The van der Waals surface area contributed by atoms with Gasteiger partial charge in [0.1, 0.15) is 5.75 Å². The molecule has 5 nitrogen and oxygen atoms in total. The van der Waals surface area contributed by atoms with E-state index < -0.39 is 0 Å². The van der Waals surface area contributed by atoms with Crippen molar-refractivity contribution in [2.75, 3.05) is 19.8 Å². The van der Waals surface area contributed by atoms with E-state index in [1.165, 1.54) is 0 Å². The number of aliphatic hydroxyl groups excluding tert-OH is 1. The summed E-state index contributed by atoms with van der Waals surface area (Å²) in [5.41, 5.74) is 0.985. The van der Waals surface area contributed by atoms with Crippen molar-refractivity contribution >= 4 is 5.91 Å². The number of carbonyl (C=O) groups is 1. The number of amides is 1. The molecule has 1 saturated carbocycles. The number of ether oxygens (including phenoxy) is 2. The van der Waals surface area contributed by atoms with Crippen LogP contribution >= 0.6 is 0 Å². The van der Waals surface area contributed by atoms with Crippen molar-refractivity contribution < 1.29 is 19.4 Å². The highest BCUT2D eigenvalue weighted by atomic mass is 16.5. The van der Waals surface area contributed by atoms with Gasteiger partial charge in [-0.3, -0.25) is 4.79 Å². The predicted molar refractivity (Wildman–Crippen MR) is 95.6 cm³/mol. The number of benzene rings is 1. The Morgan fingerprint density at radius 3 is 2.72 bits per heavy atom. The molecule has 0 unspecified atom stereocenters. The molecule has 2 aliphatic rings. The van der Waals surface area contributed by atoms with Gasteiger partial charge in [0.15, 0.2) is 0 Å². The zero-order valence-electron chi connectivity index (χ0n) is 15.2. The molecular weight excluding hydrogens is 318 g/mol. The Morgan fingerprint density at radius 1 is 1.32 bits per heavy atom. The summed E-state index contributed by atoms with van der Waals surface area (Å²) in [4.78, 5) is 14.8. The Balaban J connectivity index is 1.64. The maximum Gasteiger partial charge on any atom is 0.227 e. The van der Waals surface area contributed by atoms with Gasteiger partial charge in [0.2, 0.25) is 5.91 Å². The zero-order valence-corrected chi connectivity index (χ0v) is 15.2. The average Bonchev–Trinajstić information content (AvgIpc) is 3.02. The Hall–Kier alpha value is -1.59. The largest absolute Gasteiger partial charge is 0.491 e. The molecule has 1 aromatic rings. The molecule has 5 heteroatoms. The van der Waals surface area contributed by atoms with Crippen molar-refractivity contribution in [3.63, 3.8) is 0 Å². The van der Waals surface area contributed by atoms with Gasteiger partial charge >= 0.3 is 0 Å². The highest BCUT2D eigenvalue weighted by Gasteiger charge is 2.39. The molecule has 2 fully saturated rings.